The maximum atomic E-state index is 12.1. The molecule has 1 N–H and O–H groups in total. The van der Waals surface area contributed by atoms with E-state index >= 15 is 0 Å². The van der Waals surface area contributed by atoms with Crippen LogP contribution in [0, 0.1) is 6.92 Å². The number of phenols is 1. The van der Waals surface area contributed by atoms with Crippen LogP contribution in [-0.4, -0.2) is 34.3 Å². The molecule has 0 aliphatic carbocycles. The number of aryl methyl sites for hydroxylation is 1. The van der Waals surface area contributed by atoms with Crippen molar-refractivity contribution >= 4 is 21.8 Å². The molecule has 0 aliphatic rings. The van der Waals surface area contributed by atoms with Crippen molar-refractivity contribution < 1.29 is 9.90 Å². The van der Waals surface area contributed by atoms with Crippen molar-refractivity contribution in [1.29, 1.82) is 0 Å². The first kappa shape index (κ1) is 14.0. The lowest BCUT2D eigenvalue weighted by Crippen LogP contribution is -2.31. The molecule has 0 fully saturated rings. The minimum absolute atomic E-state index is 0.0243. The molecule has 94 valence electrons. The lowest BCUT2D eigenvalue weighted by Gasteiger charge is -2.20. The fraction of sp³-hybridized carbons (Fsp3) is 0.462. The maximum absolute atomic E-state index is 12.1. The summed E-state index contributed by atoms with van der Waals surface area (Å²) >= 11 is 3.36. The summed E-state index contributed by atoms with van der Waals surface area (Å²) < 4.78 is 0. The maximum Gasteiger partial charge on any atom is 0.253 e. The number of carbonyl (C=O) groups excluding carboxylic acids is 1. The van der Waals surface area contributed by atoms with Crippen LogP contribution in [-0.2, 0) is 0 Å². The van der Waals surface area contributed by atoms with Crippen LogP contribution in [0.1, 0.15) is 29.3 Å². The van der Waals surface area contributed by atoms with E-state index in [9.17, 15) is 9.90 Å². The van der Waals surface area contributed by atoms with Gasteiger partial charge in [-0.2, -0.15) is 0 Å². The van der Waals surface area contributed by atoms with Gasteiger partial charge in [-0.15, -0.1) is 0 Å². The molecule has 0 bridgehead atoms. The van der Waals surface area contributed by atoms with Gasteiger partial charge in [0.2, 0.25) is 0 Å². The van der Waals surface area contributed by atoms with E-state index in [1.165, 1.54) is 6.07 Å². The van der Waals surface area contributed by atoms with Gasteiger partial charge in [0.05, 0.1) is 0 Å². The van der Waals surface area contributed by atoms with Crippen LogP contribution in [0.15, 0.2) is 18.2 Å². The Morgan fingerprint density at radius 2 is 2.18 bits per heavy atom. The Kier molecular flexibility index (Phi) is 5.48. The summed E-state index contributed by atoms with van der Waals surface area (Å²) in [6, 6.07) is 5.06. The first-order valence-corrected chi connectivity index (χ1v) is 6.87. The number of aromatic hydroxyl groups is 1. The molecule has 4 heteroatoms. The van der Waals surface area contributed by atoms with Crippen molar-refractivity contribution in [2.75, 3.05) is 18.4 Å². The Labute approximate surface area is 111 Å². The molecule has 1 aromatic rings. The zero-order valence-electron chi connectivity index (χ0n) is 10.2. The Bertz CT molecular complexity index is 393. The zero-order valence-corrected chi connectivity index (χ0v) is 11.8. The molecular weight excluding hydrogens is 282 g/mol. The predicted molar refractivity (Wildman–Crippen MR) is 72.8 cm³/mol. The van der Waals surface area contributed by atoms with Gasteiger partial charge in [0.15, 0.2) is 0 Å². The number of benzene rings is 1. The molecule has 1 rings (SSSR count). The largest absolute Gasteiger partial charge is 0.508 e. The average molecular weight is 300 g/mol. The summed E-state index contributed by atoms with van der Waals surface area (Å²) in [5.74, 6) is 0.149. The van der Waals surface area contributed by atoms with Crippen molar-refractivity contribution in [3.63, 3.8) is 0 Å². The van der Waals surface area contributed by atoms with Gasteiger partial charge in [0.1, 0.15) is 5.75 Å². The minimum atomic E-state index is -0.0243. The topological polar surface area (TPSA) is 40.5 Å². The van der Waals surface area contributed by atoms with Gasteiger partial charge in [-0.3, -0.25) is 4.79 Å². The highest BCUT2D eigenvalue weighted by Gasteiger charge is 2.14. The van der Waals surface area contributed by atoms with Gasteiger partial charge >= 0.3 is 0 Å². The summed E-state index contributed by atoms with van der Waals surface area (Å²) in [6.45, 7) is 5.18. The molecule has 0 spiro atoms. The van der Waals surface area contributed by atoms with E-state index in [0.29, 0.717) is 12.1 Å². The van der Waals surface area contributed by atoms with Gasteiger partial charge in [-0.25, -0.2) is 0 Å². The Hall–Kier alpha value is -1.03. The van der Waals surface area contributed by atoms with Crippen LogP contribution in [0.25, 0.3) is 0 Å². The van der Waals surface area contributed by atoms with E-state index in [4.69, 9.17) is 0 Å². The van der Waals surface area contributed by atoms with E-state index in [-0.39, 0.29) is 11.7 Å². The first-order valence-electron chi connectivity index (χ1n) is 5.75. The number of phenolic OH excluding ortho intramolecular Hbond substituents is 1. The van der Waals surface area contributed by atoms with Crippen molar-refractivity contribution in [3.8, 4) is 5.75 Å². The number of hydrogen-bond acceptors (Lipinski definition) is 2. The molecule has 0 saturated heterocycles. The van der Waals surface area contributed by atoms with Crippen LogP contribution in [0.3, 0.4) is 0 Å². The highest BCUT2D eigenvalue weighted by Crippen LogP contribution is 2.18. The fourth-order valence-corrected chi connectivity index (χ4v) is 1.83. The molecule has 17 heavy (non-hydrogen) atoms. The summed E-state index contributed by atoms with van der Waals surface area (Å²) in [6.07, 6.45) is 0.928. The van der Waals surface area contributed by atoms with Gasteiger partial charge in [0.25, 0.3) is 5.91 Å². The van der Waals surface area contributed by atoms with Crippen molar-refractivity contribution in [1.82, 2.24) is 4.90 Å². The van der Waals surface area contributed by atoms with Crippen LogP contribution >= 0.6 is 15.9 Å². The van der Waals surface area contributed by atoms with Gasteiger partial charge < -0.3 is 10.0 Å². The molecule has 0 unspecified atom stereocenters. The smallest absolute Gasteiger partial charge is 0.253 e. The Morgan fingerprint density at radius 3 is 2.71 bits per heavy atom. The minimum Gasteiger partial charge on any atom is -0.508 e. The molecule has 0 atom stereocenters. The lowest BCUT2D eigenvalue weighted by atomic mass is 10.1. The SMILES string of the molecule is CCN(CCCBr)C(=O)c1ccc(C)c(O)c1. The second-order valence-electron chi connectivity index (χ2n) is 3.93. The summed E-state index contributed by atoms with van der Waals surface area (Å²) in [5.41, 5.74) is 1.33. The Balaban J connectivity index is 2.82. The monoisotopic (exact) mass is 299 g/mol. The summed E-state index contributed by atoms with van der Waals surface area (Å²) in [4.78, 5) is 13.9. The van der Waals surface area contributed by atoms with Gasteiger partial charge in [-0.1, -0.05) is 22.0 Å². The van der Waals surface area contributed by atoms with Crippen molar-refractivity contribution in [3.05, 3.63) is 29.3 Å². The molecule has 0 radical (unpaired) electrons. The van der Waals surface area contributed by atoms with Gasteiger partial charge in [-0.05, 0) is 38.0 Å². The lowest BCUT2D eigenvalue weighted by molar-refractivity contribution is 0.0764. The molecule has 0 heterocycles. The Morgan fingerprint density at radius 1 is 1.47 bits per heavy atom. The number of hydrogen-bond donors (Lipinski definition) is 1. The van der Waals surface area contributed by atoms with Crippen molar-refractivity contribution in [2.24, 2.45) is 0 Å². The normalized spacial score (nSPS) is 10.3. The van der Waals surface area contributed by atoms with E-state index in [2.05, 4.69) is 15.9 Å². The van der Waals surface area contributed by atoms with Crippen LogP contribution < -0.4 is 0 Å². The molecular formula is C13H18BrNO2. The second-order valence-corrected chi connectivity index (χ2v) is 4.72. The second kappa shape index (κ2) is 6.64. The van der Waals surface area contributed by atoms with Crippen molar-refractivity contribution in [2.45, 2.75) is 20.3 Å². The first-order chi connectivity index (χ1) is 8.10. The molecule has 1 aromatic carbocycles. The number of alkyl halides is 1. The average Bonchev–Trinajstić information content (AvgIpc) is 2.33. The number of nitrogens with zero attached hydrogens (tertiary/aromatic N) is 1. The molecule has 3 nitrogen and oxygen atoms in total. The third-order valence-corrected chi connectivity index (χ3v) is 3.25. The van der Waals surface area contributed by atoms with Crippen LogP contribution in [0.4, 0.5) is 0 Å². The number of rotatable bonds is 5. The highest BCUT2D eigenvalue weighted by atomic mass is 79.9. The fourth-order valence-electron chi connectivity index (χ4n) is 1.58. The molecule has 0 saturated carbocycles. The molecule has 1 amide bonds. The van der Waals surface area contributed by atoms with E-state index in [1.807, 2.05) is 13.8 Å². The third-order valence-electron chi connectivity index (χ3n) is 2.69. The summed E-state index contributed by atoms with van der Waals surface area (Å²) in [7, 11) is 0. The van der Waals surface area contributed by atoms with E-state index < -0.39 is 0 Å². The zero-order chi connectivity index (χ0) is 12.8. The van der Waals surface area contributed by atoms with Crippen LogP contribution in [0.2, 0.25) is 0 Å². The quantitative estimate of drug-likeness (QED) is 0.849. The van der Waals surface area contributed by atoms with E-state index in [0.717, 1.165) is 23.9 Å². The third kappa shape index (κ3) is 3.73. The van der Waals surface area contributed by atoms with Gasteiger partial charge in [0, 0.05) is 24.0 Å². The number of carbonyl (C=O) groups is 1. The molecule has 0 aliphatic heterocycles. The number of halogens is 1. The van der Waals surface area contributed by atoms with Crippen LogP contribution in [0.5, 0.6) is 5.75 Å². The predicted octanol–water partition coefficient (Wildman–Crippen LogP) is 2.95. The molecule has 0 aromatic heterocycles. The van der Waals surface area contributed by atoms with E-state index in [1.54, 1.807) is 17.0 Å². The highest BCUT2D eigenvalue weighted by molar-refractivity contribution is 9.09. The standard InChI is InChI=1S/C13H18BrNO2/c1-3-15(8-4-7-14)13(17)11-6-5-10(2)12(16)9-11/h5-6,9,16H,3-4,7-8H2,1-2H3. The summed E-state index contributed by atoms with van der Waals surface area (Å²) in [5, 5.41) is 10.5. The number of amides is 1.